The normalized spacial score (nSPS) is 11.4. The molecule has 0 fully saturated rings. The number of anilines is 1. The third kappa shape index (κ3) is 4.78. The highest BCUT2D eigenvalue weighted by molar-refractivity contribution is 5.72. The van der Waals surface area contributed by atoms with Gasteiger partial charge in [0, 0.05) is 11.5 Å². The number of nitrogens with two attached hydrogens (primary N) is 1. The first kappa shape index (κ1) is 20.9. The van der Waals surface area contributed by atoms with Crippen LogP contribution in [0.25, 0.3) is 0 Å². The average molecular weight is 409 g/mol. The summed E-state index contributed by atoms with van der Waals surface area (Å²) in [7, 11) is 4.32. The first-order valence-electron chi connectivity index (χ1n) is 9.20. The van der Waals surface area contributed by atoms with Crippen molar-refractivity contribution in [2.24, 2.45) is 0 Å². The van der Waals surface area contributed by atoms with Gasteiger partial charge in [-0.1, -0.05) is 42.5 Å². The Morgan fingerprint density at radius 1 is 0.967 bits per heavy atom. The van der Waals surface area contributed by atoms with Crippen molar-refractivity contribution in [1.29, 1.82) is 0 Å². The summed E-state index contributed by atoms with van der Waals surface area (Å²) in [5.41, 5.74) is 8.23. The molecule has 0 radical (unpaired) electrons. The maximum absolute atomic E-state index is 12.1. The van der Waals surface area contributed by atoms with Gasteiger partial charge in [-0.05, 0) is 11.6 Å². The van der Waals surface area contributed by atoms with Crippen molar-refractivity contribution < 1.29 is 23.7 Å². The van der Waals surface area contributed by atoms with Crippen LogP contribution in [0.1, 0.15) is 23.5 Å². The first-order chi connectivity index (χ1) is 14.5. The zero-order valence-electron chi connectivity index (χ0n) is 17.0. The highest BCUT2D eigenvalue weighted by Gasteiger charge is 2.24. The van der Waals surface area contributed by atoms with Crippen LogP contribution in [-0.4, -0.2) is 37.3 Å². The van der Waals surface area contributed by atoms with Gasteiger partial charge in [0.05, 0.1) is 39.5 Å². The van der Waals surface area contributed by atoms with Gasteiger partial charge in [0.25, 0.3) is 0 Å². The molecular formula is C22H23N3O5. The number of benzene rings is 2. The van der Waals surface area contributed by atoms with Crippen molar-refractivity contribution in [2.45, 2.75) is 12.3 Å². The predicted molar refractivity (Wildman–Crippen MR) is 111 cm³/mol. The summed E-state index contributed by atoms with van der Waals surface area (Å²) in [6, 6.07) is 16.5. The van der Waals surface area contributed by atoms with Crippen molar-refractivity contribution in [3.05, 3.63) is 65.7 Å². The summed E-state index contributed by atoms with van der Waals surface area (Å²) in [4.78, 5) is 20.5. The van der Waals surface area contributed by atoms with Crippen molar-refractivity contribution >= 4 is 11.7 Å². The fourth-order valence-corrected chi connectivity index (χ4v) is 3.04. The topological polar surface area (TPSA) is 106 Å². The maximum atomic E-state index is 12.1. The van der Waals surface area contributed by atoms with E-state index in [1.165, 1.54) is 27.4 Å². The van der Waals surface area contributed by atoms with E-state index in [1.807, 2.05) is 36.4 Å². The van der Waals surface area contributed by atoms with Gasteiger partial charge in [0.2, 0.25) is 11.8 Å². The molecule has 156 valence electrons. The predicted octanol–water partition coefficient (Wildman–Crippen LogP) is 3.56. The molecule has 0 spiro atoms. The van der Waals surface area contributed by atoms with Gasteiger partial charge < -0.3 is 24.7 Å². The molecule has 2 aromatic carbocycles. The molecule has 1 aromatic heterocycles. The monoisotopic (exact) mass is 409 g/mol. The summed E-state index contributed by atoms with van der Waals surface area (Å²) < 4.78 is 21.2. The van der Waals surface area contributed by atoms with E-state index in [0.29, 0.717) is 17.0 Å². The van der Waals surface area contributed by atoms with Crippen LogP contribution in [0, 0.1) is 0 Å². The molecule has 3 aromatic rings. The molecule has 0 bridgehead atoms. The van der Waals surface area contributed by atoms with E-state index in [-0.39, 0.29) is 36.1 Å². The Morgan fingerprint density at radius 3 is 2.23 bits per heavy atom. The molecule has 1 atom stereocenters. The summed E-state index contributed by atoms with van der Waals surface area (Å²) in [6.45, 7) is 0. The molecule has 0 saturated heterocycles. The Bertz CT molecular complexity index is 989. The second-order valence-electron chi connectivity index (χ2n) is 6.35. The number of aromatic nitrogens is 2. The lowest BCUT2D eigenvalue weighted by Gasteiger charge is -2.21. The van der Waals surface area contributed by atoms with E-state index in [9.17, 15) is 4.79 Å². The molecule has 8 heteroatoms. The molecular weight excluding hydrogens is 386 g/mol. The van der Waals surface area contributed by atoms with Crippen molar-refractivity contribution in [1.82, 2.24) is 9.97 Å². The number of esters is 1. The van der Waals surface area contributed by atoms with E-state index in [1.54, 1.807) is 12.1 Å². The first-order valence-corrected chi connectivity index (χ1v) is 9.20. The molecule has 1 heterocycles. The number of rotatable bonds is 8. The van der Waals surface area contributed by atoms with Crippen LogP contribution in [0.3, 0.4) is 0 Å². The van der Waals surface area contributed by atoms with E-state index in [4.69, 9.17) is 24.7 Å². The molecule has 0 aliphatic heterocycles. The second-order valence-corrected chi connectivity index (χ2v) is 6.35. The van der Waals surface area contributed by atoms with Gasteiger partial charge >= 0.3 is 12.0 Å². The smallest absolute Gasteiger partial charge is 0.328 e. The Kier molecular flexibility index (Phi) is 6.69. The van der Waals surface area contributed by atoms with E-state index in [0.717, 1.165) is 5.56 Å². The highest BCUT2D eigenvalue weighted by Crippen LogP contribution is 2.40. The number of para-hydroxylation sites is 1. The Morgan fingerprint density at radius 2 is 1.63 bits per heavy atom. The highest BCUT2D eigenvalue weighted by atomic mass is 16.5. The fraction of sp³-hybridized carbons (Fsp3) is 0.227. The minimum atomic E-state index is -0.350. The van der Waals surface area contributed by atoms with E-state index >= 15 is 0 Å². The number of hydrogen-bond donors (Lipinski definition) is 1. The lowest BCUT2D eigenvalue weighted by Crippen LogP contribution is -2.12. The van der Waals surface area contributed by atoms with Crippen molar-refractivity contribution in [3.8, 4) is 23.5 Å². The van der Waals surface area contributed by atoms with Crippen LogP contribution in [0.15, 0.2) is 54.6 Å². The molecule has 3 rings (SSSR count). The number of hydrogen-bond acceptors (Lipinski definition) is 8. The van der Waals surface area contributed by atoms with E-state index in [2.05, 4.69) is 9.97 Å². The van der Waals surface area contributed by atoms with Crippen LogP contribution in [0.2, 0.25) is 0 Å². The number of nitrogen functional groups attached to an aromatic ring is 1. The van der Waals surface area contributed by atoms with Gasteiger partial charge in [0.15, 0.2) is 5.75 Å². The standard InChI is InChI=1S/C22H23N3O5/c1-27-18-13-19(28-2)25-22(24-18)30-21-15(10-7-11-17(21)23)16(12-20(26)29-3)14-8-5-4-6-9-14/h4-11,13,16H,12,23H2,1-3H3. The van der Waals surface area contributed by atoms with Crippen LogP contribution in [0.4, 0.5) is 5.69 Å². The number of nitrogens with zero attached hydrogens (tertiary/aromatic N) is 2. The summed E-state index contributed by atoms with van der Waals surface area (Å²) in [5, 5.41) is 0. The molecule has 0 aliphatic rings. The van der Waals surface area contributed by atoms with Gasteiger partial charge in [0.1, 0.15) is 0 Å². The third-order valence-corrected chi connectivity index (χ3v) is 4.52. The van der Waals surface area contributed by atoms with Gasteiger partial charge in [-0.15, -0.1) is 0 Å². The van der Waals surface area contributed by atoms with Gasteiger partial charge in [-0.3, -0.25) is 4.79 Å². The van der Waals surface area contributed by atoms with Crippen LogP contribution < -0.4 is 19.9 Å². The Hall–Kier alpha value is -3.81. The lowest BCUT2D eigenvalue weighted by molar-refractivity contribution is -0.140. The number of carbonyl (C=O) groups excluding carboxylic acids is 1. The molecule has 0 amide bonds. The minimum Gasteiger partial charge on any atom is -0.481 e. The van der Waals surface area contributed by atoms with Crippen LogP contribution >= 0.6 is 0 Å². The zero-order valence-corrected chi connectivity index (χ0v) is 17.0. The summed E-state index contributed by atoms with van der Waals surface area (Å²) in [5.74, 6) is 0.218. The van der Waals surface area contributed by atoms with E-state index < -0.39 is 0 Å². The SMILES string of the molecule is COC(=O)CC(c1ccccc1)c1cccc(N)c1Oc1nc(OC)cc(OC)n1. The van der Waals surface area contributed by atoms with Gasteiger partial charge in [-0.2, -0.15) is 9.97 Å². The van der Waals surface area contributed by atoms with Crippen LogP contribution in [0.5, 0.6) is 23.5 Å². The molecule has 30 heavy (non-hydrogen) atoms. The second kappa shape index (κ2) is 9.60. The molecule has 0 aliphatic carbocycles. The quantitative estimate of drug-likeness (QED) is 0.445. The molecule has 8 nitrogen and oxygen atoms in total. The minimum absolute atomic E-state index is 0.00947. The third-order valence-electron chi connectivity index (χ3n) is 4.52. The molecule has 1 unspecified atom stereocenters. The van der Waals surface area contributed by atoms with Crippen molar-refractivity contribution in [2.75, 3.05) is 27.1 Å². The number of carbonyl (C=O) groups is 1. The Labute approximate surface area is 174 Å². The number of ether oxygens (including phenoxy) is 4. The maximum Gasteiger partial charge on any atom is 0.328 e. The van der Waals surface area contributed by atoms with Crippen LogP contribution in [-0.2, 0) is 9.53 Å². The van der Waals surface area contributed by atoms with Gasteiger partial charge in [-0.25, -0.2) is 0 Å². The largest absolute Gasteiger partial charge is 0.481 e. The molecule has 0 saturated carbocycles. The Balaban J connectivity index is 2.08. The molecule has 2 N–H and O–H groups in total. The summed E-state index contributed by atoms with van der Waals surface area (Å²) >= 11 is 0. The fourth-order valence-electron chi connectivity index (χ4n) is 3.04. The lowest BCUT2D eigenvalue weighted by atomic mass is 9.87. The summed E-state index contributed by atoms with van der Waals surface area (Å²) in [6.07, 6.45) is 0.114. The zero-order chi connectivity index (χ0) is 21.5. The average Bonchev–Trinajstić information content (AvgIpc) is 2.79. The number of methoxy groups -OCH3 is 3. The van der Waals surface area contributed by atoms with Crippen molar-refractivity contribution in [3.63, 3.8) is 0 Å².